The summed E-state index contributed by atoms with van der Waals surface area (Å²) in [5, 5.41) is 10.9. The summed E-state index contributed by atoms with van der Waals surface area (Å²) in [6, 6.07) is 1.18. The lowest BCUT2D eigenvalue weighted by Crippen LogP contribution is -2.23. The number of aromatic carboxylic acids is 1. The first-order chi connectivity index (χ1) is 8.36. The average molecular weight is 322 g/mol. The molecule has 0 fully saturated rings. The third kappa shape index (κ3) is 3.25. The molecule has 0 bridgehead atoms. The van der Waals surface area contributed by atoms with Crippen molar-refractivity contribution < 1.29 is 23.5 Å². The SMILES string of the molecule is CCC(Br)C(=O)Nc1cc(C(=O)O)c(F)cc1F. The molecule has 1 atom stereocenters. The van der Waals surface area contributed by atoms with Gasteiger partial charge in [0.2, 0.25) is 5.91 Å². The van der Waals surface area contributed by atoms with E-state index in [9.17, 15) is 18.4 Å². The van der Waals surface area contributed by atoms with Gasteiger partial charge in [0.15, 0.2) is 0 Å². The zero-order valence-corrected chi connectivity index (χ0v) is 10.9. The van der Waals surface area contributed by atoms with Crippen LogP contribution in [0, 0.1) is 11.6 Å². The van der Waals surface area contributed by atoms with Crippen LogP contribution in [0.1, 0.15) is 23.7 Å². The Hall–Kier alpha value is -1.50. The molecule has 4 nitrogen and oxygen atoms in total. The Bertz CT molecular complexity index is 493. The number of hydrogen-bond donors (Lipinski definition) is 2. The lowest BCUT2D eigenvalue weighted by Gasteiger charge is -2.10. The average Bonchev–Trinajstić information content (AvgIpc) is 2.30. The van der Waals surface area contributed by atoms with Gasteiger partial charge in [0.25, 0.3) is 0 Å². The number of alkyl halides is 1. The standard InChI is InChI=1S/C11H10BrF2NO3/c1-2-6(12)10(16)15-9-3-5(11(17)18)7(13)4-8(9)14/h3-4,6H,2H2,1H3,(H,15,16)(H,17,18). The molecular weight excluding hydrogens is 312 g/mol. The van der Waals surface area contributed by atoms with E-state index in [2.05, 4.69) is 21.2 Å². The Morgan fingerprint density at radius 2 is 2.00 bits per heavy atom. The number of carbonyl (C=O) groups is 2. The van der Waals surface area contributed by atoms with Crippen LogP contribution in [0.3, 0.4) is 0 Å². The highest BCUT2D eigenvalue weighted by Gasteiger charge is 2.18. The van der Waals surface area contributed by atoms with E-state index in [0.29, 0.717) is 12.5 Å². The van der Waals surface area contributed by atoms with Crippen molar-refractivity contribution in [2.45, 2.75) is 18.2 Å². The number of anilines is 1. The molecule has 0 aliphatic rings. The van der Waals surface area contributed by atoms with Crippen molar-refractivity contribution in [3.63, 3.8) is 0 Å². The minimum atomic E-state index is -1.53. The van der Waals surface area contributed by atoms with Crippen LogP contribution >= 0.6 is 15.9 Å². The highest BCUT2D eigenvalue weighted by Crippen LogP contribution is 2.20. The number of hydrogen-bond acceptors (Lipinski definition) is 2. The highest BCUT2D eigenvalue weighted by atomic mass is 79.9. The Labute approximate surface area is 110 Å². The van der Waals surface area contributed by atoms with E-state index in [-0.39, 0.29) is 5.69 Å². The van der Waals surface area contributed by atoms with Gasteiger partial charge < -0.3 is 10.4 Å². The van der Waals surface area contributed by atoms with Gasteiger partial charge in [-0.1, -0.05) is 22.9 Å². The molecule has 2 N–H and O–H groups in total. The van der Waals surface area contributed by atoms with Gasteiger partial charge in [0.05, 0.1) is 16.1 Å². The molecule has 0 saturated carbocycles. The first-order valence-electron chi connectivity index (χ1n) is 5.04. The highest BCUT2D eigenvalue weighted by molar-refractivity contribution is 9.10. The van der Waals surface area contributed by atoms with Crippen molar-refractivity contribution in [2.75, 3.05) is 5.32 Å². The van der Waals surface area contributed by atoms with Crippen molar-refractivity contribution in [1.29, 1.82) is 0 Å². The molecule has 0 aromatic heterocycles. The Morgan fingerprint density at radius 3 is 2.50 bits per heavy atom. The van der Waals surface area contributed by atoms with Crippen LogP contribution in [0.15, 0.2) is 12.1 Å². The molecule has 0 aliphatic carbocycles. The monoisotopic (exact) mass is 321 g/mol. The fraction of sp³-hybridized carbons (Fsp3) is 0.273. The van der Waals surface area contributed by atoms with E-state index in [0.717, 1.165) is 6.07 Å². The fourth-order valence-corrected chi connectivity index (χ4v) is 1.32. The molecule has 0 spiro atoms. The molecular formula is C11H10BrF2NO3. The largest absolute Gasteiger partial charge is 0.478 e. The maximum absolute atomic E-state index is 13.4. The summed E-state index contributed by atoms with van der Waals surface area (Å²) in [7, 11) is 0. The van der Waals surface area contributed by atoms with Crippen LogP contribution < -0.4 is 5.32 Å². The number of nitrogens with one attached hydrogen (secondary N) is 1. The molecule has 1 aromatic rings. The van der Waals surface area contributed by atoms with Gasteiger partial charge in [0, 0.05) is 6.07 Å². The molecule has 18 heavy (non-hydrogen) atoms. The Kier molecular flexibility index (Phi) is 4.77. The smallest absolute Gasteiger partial charge is 0.338 e. The summed E-state index contributed by atoms with van der Waals surface area (Å²) in [6.07, 6.45) is 0.473. The first-order valence-corrected chi connectivity index (χ1v) is 5.95. The minimum Gasteiger partial charge on any atom is -0.478 e. The molecule has 1 aromatic carbocycles. The molecule has 7 heteroatoms. The molecule has 1 rings (SSSR count). The van der Waals surface area contributed by atoms with Gasteiger partial charge in [-0.2, -0.15) is 0 Å². The summed E-state index contributed by atoms with van der Waals surface area (Å²) in [5.74, 6) is -4.28. The van der Waals surface area contributed by atoms with Crippen LogP contribution in [0.25, 0.3) is 0 Å². The van der Waals surface area contributed by atoms with Crippen molar-refractivity contribution in [1.82, 2.24) is 0 Å². The van der Waals surface area contributed by atoms with Gasteiger partial charge in [-0.25, -0.2) is 13.6 Å². The van der Waals surface area contributed by atoms with E-state index in [1.807, 2.05) is 0 Å². The van der Waals surface area contributed by atoms with Crippen LogP contribution in [0.4, 0.5) is 14.5 Å². The van der Waals surface area contributed by atoms with E-state index in [1.54, 1.807) is 6.92 Å². The molecule has 0 heterocycles. The molecule has 1 unspecified atom stereocenters. The first kappa shape index (κ1) is 14.6. The van der Waals surface area contributed by atoms with Gasteiger partial charge in [-0.05, 0) is 12.5 Å². The summed E-state index contributed by atoms with van der Waals surface area (Å²) < 4.78 is 26.5. The number of halogens is 3. The summed E-state index contributed by atoms with van der Waals surface area (Å²) >= 11 is 3.06. The second-order valence-corrected chi connectivity index (χ2v) is 4.59. The van der Waals surface area contributed by atoms with E-state index >= 15 is 0 Å². The normalized spacial score (nSPS) is 12.0. The number of carboxylic acid groups (broad SMARTS) is 1. The van der Waals surface area contributed by atoms with E-state index in [4.69, 9.17) is 5.11 Å². The topological polar surface area (TPSA) is 66.4 Å². The predicted octanol–water partition coefficient (Wildman–Crippen LogP) is 2.78. The van der Waals surface area contributed by atoms with Crippen molar-refractivity contribution in [3.05, 3.63) is 29.3 Å². The van der Waals surface area contributed by atoms with Crippen molar-refractivity contribution >= 4 is 33.5 Å². The van der Waals surface area contributed by atoms with Crippen LogP contribution in [-0.2, 0) is 4.79 Å². The lowest BCUT2D eigenvalue weighted by molar-refractivity contribution is -0.115. The zero-order chi connectivity index (χ0) is 13.9. The van der Waals surface area contributed by atoms with Crippen molar-refractivity contribution in [3.8, 4) is 0 Å². The van der Waals surface area contributed by atoms with Crippen LogP contribution in [-0.4, -0.2) is 21.8 Å². The zero-order valence-electron chi connectivity index (χ0n) is 9.34. The fourth-order valence-electron chi connectivity index (χ4n) is 1.21. The number of amides is 1. The quantitative estimate of drug-likeness (QED) is 0.838. The molecule has 0 aliphatic heterocycles. The Balaban J connectivity index is 3.06. The van der Waals surface area contributed by atoms with Gasteiger partial charge >= 0.3 is 5.97 Å². The third-order valence-corrected chi connectivity index (χ3v) is 3.25. The second-order valence-electron chi connectivity index (χ2n) is 3.48. The summed E-state index contributed by atoms with van der Waals surface area (Å²) in [6.45, 7) is 1.74. The van der Waals surface area contributed by atoms with E-state index < -0.39 is 33.9 Å². The van der Waals surface area contributed by atoms with Crippen LogP contribution in [0.2, 0.25) is 0 Å². The summed E-state index contributed by atoms with van der Waals surface area (Å²) in [4.78, 5) is 21.6. The maximum Gasteiger partial charge on any atom is 0.338 e. The van der Waals surface area contributed by atoms with Gasteiger partial charge in [-0.3, -0.25) is 4.79 Å². The Morgan fingerprint density at radius 1 is 1.39 bits per heavy atom. The van der Waals surface area contributed by atoms with E-state index in [1.165, 1.54) is 0 Å². The number of benzene rings is 1. The molecule has 0 saturated heterocycles. The number of carbonyl (C=O) groups excluding carboxylic acids is 1. The van der Waals surface area contributed by atoms with Gasteiger partial charge in [-0.15, -0.1) is 0 Å². The molecule has 98 valence electrons. The second kappa shape index (κ2) is 5.90. The van der Waals surface area contributed by atoms with Crippen molar-refractivity contribution in [2.24, 2.45) is 0 Å². The lowest BCUT2D eigenvalue weighted by atomic mass is 10.1. The maximum atomic E-state index is 13.4. The third-order valence-electron chi connectivity index (χ3n) is 2.19. The number of rotatable bonds is 4. The molecule has 1 amide bonds. The van der Waals surface area contributed by atoms with Crippen LogP contribution in [0.5, 0.6) is 0 Å². The summed E-state index contributed by atoms with van der Waals surface area (Å²) in [5.41, 5.74) is -1.06. The minimum absolute atomic E-state index is 0.364. The number of carboxylic acids is 1. The van der Waals surface area contributed by atoms with Gasteiger partial charge in [0.1, 0.15) is 11.6 Å². The molecule has 0 radical (unpaired) electrons. The predicted molar refractivity (Wildman–Crippen MR) is 65.0 cm³/mol.